The van der Waals surface area contributed by atoms with Gasteiger partial charge in [0.1, 0.15) is 12.3 Å². The summed E-state index contributed by atoms with van der Waals surface area (Å²) in [6.45, 7) is 8.90. The van der Waals surface area contributed by atoms with Crippen molar-refractivity contribution in [2.45, 2.75) is 51.9 Å². The van der Waals surface area contributed by atoms with E-state index in [-0.39, 0.29) is 23.7 Å². The second kappa shape index (κ2) is 7.92. The molecule has 0 aliphatic heterocycles. The number of aromatic amines is 1. The number of esters is 1. The lowest BCUT2D eigenvalue weighted by Crippen LogP contribution is -2.19. The van der Waals surface area contributed by atoms with E-state index in [1.165, 1.54) is 5.56 Å². The van der Waals surface area contributed by atoms with Crippen LogP contribution in [0.15, 0.2) is 24.3 Å². The fraction of sp³-hybridized carbons (Fsp3) is 0.478. The number of carbonyl (C=O) groups is 2. The summed E-state index contributed by atoms with van der Waals surface area (Å²) in [4.78, 5) is 28.3. The molecule has 1 aromatic carbocycles. The Labute approximate surface area is 166 Å². The molecule has 0 unspecified atom stereocenters. The molecule has 2 aromatic rings. The molecule has 0 bridgehead atoms. The third-order valence-corrected chi connectivity index (χ3v) is 5.46. The monoisotopic (exact) mass is 383 g/mol. The molecule has 5 nitrogen and oxygen atoms in total. The van der Waals surface area contributed by atoms with Gasteiger partial charge in [-0.3, -0.25) is 4.79 Å². The highest BCUT2D eigenvalue weighted by Crippen LogP contribution is 2.36. The van der Waals surface area contributed by atoms with Gasteiger partial charge < -0.3 is 14.5 Å². The van der Waals surface area contributed by atoms with E-state index in [0.717, 1.165) is 11.3 Å². The molecule has 150 valence electrons. The minimum absolute atomic E-state index is 0.0795. The summed E-state index contributed by atoms with van der Waals surface area (Å²) in [6, 6.07) is 8.54. The Hall–Kier alpha value is -2.40. The van der Waals surface area contributed by atoms with Gasteiger partial charge in [0, 0.05) is 24.8 Å². The van der Waals surface area contributed by atoms with E-state index < -0.39 is 5.97 Å². The maximum atomic E-state index is 12.8. The number of methoxy groups -OCH3 is 1. The van der Waals surface area contributed by atoms with E-state index in [4.69, 9.17) is 9.47 Å². The van der Waals surface area contributed by atoms with Crippen LogP contribution in [-0.4, -0.2) is 37.1 Å². The molecule has 1 N–H and O–H groups in total. The number of Topliss-reactive ketones (excluding diaryl/α,β-unsaturated/α-hetero) is 1. The molecule has 3 rings (SSSR count). The number of aromatic nitrogens is 1. The summed E-state index contributed by atoms with van der Waals surface area (Å²) in [7, 11) is 1.55. The van der Waals surface area contributed by atoms with Crippen LogP contribution in [0.1, 0.15) is 76.3 Å². The van der Waals surface area contributed by atoms with Crippen molar-refractivity contribution in [1.29, 1.82) is 0 Å². The minimum Gasteiger partial charge on any atom is -0.459 e. The third-order valence-electron chi connectivity index (χ3n) is 5.46. The normalized spacial score (nSPS) is 16.8. The van der Waals surface area contributed by atoms with Gasteiger partial charge in [0.25, 0.3) is 0 Å². The number of H-pyrrole nitrogens is 1. The molecule has 28 heavy (non-hydrogen) atoms. The van der Waals surface area contributed by atoms with Crippen LogP contribution in [-0.2, 0) is 21.3 Å². The first kappa shape index (κ1) is 20.3. The first-order valence-corrected chi connectivity index (χ1v) is 9.73. The van der Waals surface area contributed by atoms with Crippen LogP contribution < -0.4 is 0 Å². The van der Waals surface area contributed by atoms with Crippen molar-refractivity contribution in [3.63, 3.8) is 0 Å². The maximum Gasteiger partial charge on any atom is 0.355 e. The molecule has 0 saturated heterocycles. The van der Waals surface area contributed by atoms with E-state index in [1.54, 1.807) is 14.0 Å². The van der Waals surface area contributed by atoms with Gasteiger partial charge in [-0.05, 0) is 41.4 Å². The topological polar surface area (TPSA) is 68.4 Å². The van der Waals surface area contributed by atoms with Gasteiger partial charge in [0.05, 0.1) is 6.61 Å². The van der Waals surface area contributed by atoms with Gasteiger partial charge in [-0.1, -0.05) is 45.0 Å². The lowest BCUT2D eigenvalue weighted by atomic mass is 9.80. The van der Waals surface area contributed by atoms with Gasteiger partial charge in [-0.2, -0.15) is 0 Å². The molecular weight excluding hydrogens is 354 g/mol. The van der Waals surface area contributed by atoms with Crippen molar-refractivity contribution < 1.29 is 19.1 Å². The van der Waals surface area contributed by atoms with Crippen LogP contribution in [0.25, 0.3) is 0 Å². The van der Waals surface area contributed by atoms with E-state index in [0.29, 0.717) is 36.3 Å². The smallest absolute Gasteiger partial charge is 0.355 e. The predicted octanol–water partition coefficient (Wildman–Crippen LogP) is 4.34. The second-order valence-electron chi connectivity index (χ2n) is 8.51. The summed E-state index contributed by atoms with van der Waals surface area (Å²) in [5, 5.41) is 0. The van der Waals surface area contributed by atoms with Crippen LogP contribution >= 0.6 is 0 Å². The molecule has 0 radical (unpaired) electrons. The van der Waals surface area contributed by atoms with Crippen molar-refractivity contribution in [3.05, 3.63) is 57.9 Å². The third kappa shape index (κ3) is 4.04. The molecule has 5 heteroatoms. The van der Waals surface area contributed by atoms with E-state index >= 15 is 0 Å². The Morgan fingerprint density at radius 3 is 2.43 bits per heavy atom. The number of benzene rings is 1. The molecule has 1 aliphatic rings. The summed E-state index contributed by atoms with van der Waals surface area (Å²) in [6.07, 6.45) is 1.17. The molecule has 1 aliphatic carbocycles. The number of carbonyl (C=O) groups excluding carboxylic acids is 2. The van der Waals surface area contributed by atoms with Crippen LogP contribution in [0.5, 0.6) is 0 Å². The van der Waals surface area contributed by atoms with Crippen LogP contribution in [0, 0.1) is 6.92 Å². The lowest BCUT2D eigenvalue weighted by Gasteiger charge is -2.24. The molecule has 1 atom stereocenters. The van der Waals surface area contributed by atoms with Crippen LogP contribution in [0.3, 0.4) is 0 Å². The van der Waals surface area contributed by atoms with Gasteiger partial charge in [0.2, 0.25) is 0 Å². The Balaban J connectivity index is 1.82. The van der Waals surface area contributed by atoms with Crippen LogP contribution in [0.2, 0.25) is 0 Å². The van der Waals surface area contributed by atoms with E-state index in [2.05, 4.69) is 50.0 Å². The van der Waals surface area contributed by atoms with Gasteiger partial charge in [-0.15, -0.1) is 0 Å². The molecule has 1 heterocycles. The first-order chi connectivity index (χ1) is 13.2. The zero-order chi connectivity index (χ0) is 20.5. The first-order valence-electron chi connectivity index (χ1n) is 9.73. The Morgan fingerprint density at radius 2 is 1.82 bits per heavy atom. The molecular formula is C23H29NO4. The SMILES string of the molecule is COCCOC(=O)c1[nH]c2c(c1C)C(=O)C[C@@H](c1ccc(C(C)(C)C)cc1)C2. The number of rotatable bonds is 5. The van der Waals surface area contributed by atoms with Gasteiger partial charge in [0.15, 0.2) is 5.78 Å². The predicted molar refractivity (Wildman–Crippen MR) is 108 cm³/mol. The number of ether oxygens (including phenoxy) is 2. The largest absolute Gasteiger partial charge is 0.459 e. The van der Waals surface area contributed by atoms with Crippen LogP contribution in [0.4, 0.5) is 0 Å². The van der Waals surface area contributed by atoms with Crippen molar-refractivity contribution >= 4 is 11.8 Å². The van der Waals surface area contributed by atoms with Crippen molar-refractivity contribution in [2.24, 2.45) is 0 Å². The Kier molecular flexibility index (Phi) is 5.75. The average molecular weight is 383 g/mol. The number of hydrogen-bond acceptors (Lipinski definition) is 4. The van der Waals surface area contributed by atoms with Gasteiger partial charge >= 0.3 is 5.97 Å². The quantitative estimate of drug-likeness (QED) is 0.616. The fourth-order valence-corrected chi connectivity index (χ4v) is 3.82. The highest BCUT2D eigenvalue weighted by atomic mass is 16.6. The molecule has 1 aromatic heterocycles. The zero-order valence-electron chi connectivity index (χ0n) is 17.3. The highest BCUT2D eigenvalue weighted by Gasteiger charge is 2.32. The minimum atomic E-state index is -0.442. The summed E-state index contributed by atoms with van der Waals surface area (Å²) < 4.78 is 10.1. The molecule has 0 amide bonds. The summed E-state index contributed by atoms with van der Waals surface area (Å²) in [5.41, 5.74) is 5.07. The molecule has 0 fully saturated rings. The number of fused-ring (bicyclic) bond motifs is 1. The Bertz CT molecular complexity index is 871. The van der Waals surface area contributed by atoms with E-state index in [1.807, 2.05) is 0 Å². The Morgan fingerprint density at radius 1 is 1.14 bits per heavy atom. The number of hydrogen-bond donors (Lipinski definition) is 1. The standard InChI is InChI=1S/C23H29NO4/c1-14-20-18(24-21(14)22(26)28-11-10-27-5)12-16(13-19(20)25)15-6-8-17(9-7-15)23(2,3)4/h6-9,16,24H,10-13H2,1-5H3/t16-/m0/s1. The van der Waals surface area contributed by atoms with E-state index in [9.17, 15) is 9.59 Å². The highest BCUT2D eigenvalue weighted by molar-refractivity contribution is 6.03. The van der Waals surface area contributed by atoms with Gasteiger partial charge in [-0.25, -0.2) is 4.79 Å². The molecule has 0 spiro atoms. The summed E-state index contributed by atoms with van der Waals surface area (Å²) >= 11 is 0. The summed E-state index contributed by atoms with van der Waals surface area (Å²) in [5.74, 6) is -0.247. The fourth-order valence-electron chi connectivity index (χ4n) is 3.82. The lowest BCUT2D eigenvalue weighted by molar-refractivity contribution is 0.0381. The van der Waals surface area contributed by atoms with Crippen molar-refractivity contribution in [1.82, 2.24) is 4.98 Å². The maximum absolute atomic E-state index is 12.8. The van der Waals surface area contributed by atoms with Crippen molar-refractivity contribution in [3.8, 4) is 0 Å². The zero-order valence-corrected chi connectivity index (χ0v) is 17.3. The number of nitrogens with one attached hydrogen (secondary N) is 1. The average Bonchev–Trinajstić information content (AvgIpc) is 2.98. The molecule has 0 saturated carbocycles. The van der Waals surface area contributed by atoms with Crippen molar-refractivity contribution in [2.75, 3.05) is 20.3 Å². The second-order valence-corrected chi connectivity index (χ2v) is 8.51. The number of ketones is 1.